The fourth-order valence-corrected chi connectivity index (χ4v) is 4.71. The Labute approximate surface area is 133 Å². The van der Waals surface area contributed by atoms with E-state index in [9.17, 15) is 13.2 Å². The van der Waals surface area contributed by atoms with Crippen LogP contribution in [0.15, 0.2) is 11.4 Å². The molecular formula is C13H18ClNO4S2. The molecule has 0 unspecified atom stereocenters. The molecule has 2 atom stereocenters. The molecule has 1 aromatic heterocycles. The van der Waals surface area contributed by atoms with Crippen LogP contribution in [0, 0.1) is 5.41 Å². The molecule has 0 saturated heterocycles. The second-order valence-corrected chi connectivity index (χ2v) is 8.86. The first kappa shape index (κ1) is 16.7. The first-order valence-electron chi connectivity index (χ1n) is 6.53. The van der Waals surface area contributed by atoms with Crippen LogP contribution in [0.5, 0.6) is 0 Å². The Morgan fingerprint density at radius 2 is 2.33 bits per heavy atom. The lowest BCUT2D eigenvalue weighted by molar-refractivity contribution is -0.152. The molecule has 8 heteroatoms. The smallest absolute Gasteiger partial charge is 0.312 e. The normalized spacial score (nSPS) is 26.0. The van der Waals surface area contributed by atoms with Gasteiger partial charge in [-0.1, -0.05) is 11.6 Å². The monoisotopic (exact) mass is 351 g/mol. The Bertz CT molecular complexity index is 628. The molecule has 0 bridgehead atoms. The summed E-state index contributed by atoms with van der Waals surface area (Å²) in [5.41, 5.74) is 0.303. The fraction of sp³-hybridized carbons (Fsp3) is 0.615. The third-order valence-corrected chi connectivity index (χ3v) is 5.67. The summed E-state index contributed by atoms with van der Waals surface area (Å²) in [6, 6.07) is 1.61. The molecule has 21 heavy (non-hydrogen) atoms. The summed E-state index contributed by atoms with van der Waals surface area (Å²) < 4.78 is 30.9. The van der Waals surface area contributed by atoms with Gasteiger partial charge in [-0.05, 0) is 42.7 Å². The maximum atomic E-state index is 12.2. The highest BCUT2D eigenvalue weighted by atomic mass is 35.5. The third kappa shape index (κ3) is 4.18. The van der Waals surface area contributed by atoms with Gasteiger partial charge in [0.05, 0.1) is 23.1 Å². The maximum absolute atomic E-state index is 12.2. The van der Waals surface area contributed by atoms with E-state index in [1.165, 1.54) is 18.4 Å². The van der Waals surface area contributed by atoms with Gasteiger partial charge in [0.1, 0.15) is 0 Å². The average molecular weight is 352 g/mol. The summed E-state index contributed by atoms with van der Waals surface area (Å²) in [7, 11) is -1.92. The number of carbonyl (C=O) groups excluding carboxylic acids is 1. The van der Waals surface area contributed by atoms with Crippen molar-refractivity contribution in [3.63, 3.8) is 0 Å². The van der Waals surface area contributed by atoms with Gasteiger partial charge < -0.3 is 4.74 Å². The van der Waals surface area contributed by atoms with E-state index in [4.69, 9.17) is 16.3 Å². The molecule has 1 aliphatic carbocycles. The molecule has 0 radical (unpaired) electrons. The Kier molecular flexibility index (Phi) is 4.97. The SMILES string of the molecule is COC(=O)[C@@]1(Cc2csc(Cl)c2)CC[C@H](NS(C)(=O)=O)C1. The minimum atomic E-state index is -3.28. The van der Waals surface area contributed by atoms with Crippen LogP contribution < -0.4 is 4.72 Å². The van der Waals surface area contributed by atoms with Gasteiger partial charge in [-0.3, -0.25) is 4.79 Å². The zero-order valence-corrected chi connectivity index (χ0v) is 14.3. The van der Waals surface area contributed by atoms with E-state index in [1.807, 2.05) is 11.4 Å². The topological polar surface area (TPSA) is 72.5 Å². The quantitative estimate of drug-likeness (QED) is 0.825. The number of rotatable bonds is 5. The van der Waals surface area contributed by atoms with Crippen LogP contribution >= 0.6 is 22.9 Å². The van der Waals surface area contributed by atoms with Crippen LogP contribution in [0.25, 0.3) is 0 Å². The Hall–Kier alpha value is -0.630. The number of thiophene rings is 1. The molecule has 1 N–H and O–H groups in total. The fourth-order valence-electron chi connectivity index (χ4n) is 2.99. The molecule has 0 aromatic carbocycles. The molecular weight excluding hydrogens is 334 g/mol. The molecule has 0 aliphatic heterocycles. The predicted octanol–water partition coefficient (Wildman–Crippen LogP) is 2.21. The van der Waals surface area contributed by atoms with Crippen LogP contribution in [0.4, 0.5) is 0 Å². The third-order valence-electron chi connectivity index (χ3n) is 3.77. The first-order valence-corrected chi connectivity index (χ1v) is 9.68. The van der Waals surface area contributed by atoms with Crippen LogP contribution in [0.3, 0.4) is 0 Å². The lowest BCUT2D eigenvalue weighted by Gasteiger charge is -2.26. The molecule has 0 amide bonds. The summed E-state index contributed by atoms with van der Waals surface area (Å²) in [4.78, 5) is 12.2. The van der Waals surface area contributed by atoms with Gasteiger partial charge in [0.15, 0.2) is 0 Å². The van der Waals surface area contributed by atoms with E-state index < -0.39 is 15.4 Å². The van der Waals surface area contributed by atoms with Crippen molar-refractivity contribution >= 4 is 38.9 Å². The molecule has 0 spiro atoms. The highest BCUT2D eigenvalue weighted by Gasteiger charge is 2.47. The van der Waals surface area contributed by atoms with Crippen molar-refractivity contribution in [2.24, 2.45) is 5.41 Å². The van der Waals surface area contributed by atoms with Gasteiger partial charge in [0, 0.05) is 6.04 Å². The van der Waals surface area contributed by atoms with Gasteiger partial charge in [0.25, 0.3) is 0 Å². The number of ether oxygens (including phenoxy) is 1. The van der Waals surface area contributed by atoms with E-state index in [2.05, 4.69) is 4.72 Å². The van der Waals surface area contributed by atoms with Crippen LogP contribution in [0.2, 0.25) is 4.34 Å². The lowest BCUT2D eigenvalue weighted by atomic mass is 9.80. The summed E-state index contributed by atoms with van der Waals surface area (Å²) in [5, 5.41) is 1.92. The molecule has 1 heterocycles. The second-order valence-electron chi connectivity index (χ2n) is 5.54. The van der Waals surface area contributed by atoms with Crippen LogP contribution in [-0.2, 0) is 26.0 Å². The van der Waals surface area contributed by atoms with Gasteiger partial charge in [0.2, 0.25) is 10.0 Å². The van der Waals surface area contributed by atoms with Gasteiger partial charge in [-0.2, -0.15) is 0 Å². The van der Waals surface area contributed by atoms with Crippen LogP contribution in [0.1, 0.15) is 24.8 Å². The zero-order chi connectivity index (χ0) is 15.7. The van der Waals surface area contributed by atoms with E-state index >= 15 is 0 Å². The largest absolute Gasteiger partial charge is 0.469 e. The first-order chi connectivity index (χ1) is 9.74. The van der Waals surface area contributed by atoms with E-state index in [1.54, 1.807) is 0 Å². The highest BCUT2D eigenvalue weighted by molar-refractivity contribution is 7.88. The number of nitrogens with one attached hydrogen (secondary N) is 1. The zero-order valence-electron chi connectivity index (χ0n) is 11.9. The molecule has 5 nitrogen and oxygen atoms in total. The van der Waals surface area contributed by atoms with E-state index in [0.29, 0.717) is 30.0 Å². The number of methoxy groups -OCH3 is 1. The van der Waals surface area contributed by atoms with Crippen molar-refractivity contribution in [2.45, 2.75) is 31.7 Å². The highest BCUT2D eigenvalue weighted by Crippen LogP contribution is 2.43. The number of hydrogen-bond donors (Lipinski definition) is 1. The van der Waals surface area contributed by atoms with Crippen molar-refractivity contribution in [3.8, 4) is 0 Å². The molecule has 1 aliphatic rings. The van der Waals surface area contributed by atoms with Crippen molar-refractivity contribution in [3.05, 3.63) is 21.3 Å². The molecule has 118 valence electrons. The van der Waals surface area contributed by atoms with Crippen molar-refractivity contribution in [1.82, 2.24) is 4.72 Å². The molecule has 1 fully saturated rings. The summed E-state index contributed by atoms with van der Waals surface area (Å²) in [6.45, 7) is 0. The summed E-state index contributed by atoms with van der Waals surface area (Å²) >= 11 is 7.35. The summed E-state index contributed by atoms with van der Waals surface area (Å²) in [5.74, 6) is -0.289. The molecule has 1 aromatic rings. The van der Waals surface area contributed by atoms with Gasteiger partial charge >= 0.3 is 5.97 Å². The van der Waals surface area contributed by atoms with E-state index in [0.717, 1.165) is 11.8 Å². The minimum Gasteiger partial charge on any atom is -0.469 e. The Morgan fingerprint density at radius 1 is 1.62 bits per heavy atom. The number of esters is 1. The Morgan fingerprint density at radius 3 is 2.86 bits per heavy atom. The minimum absolute atomic E-state index is 0.229. The molecule has 1 saturated carbocycles. The predicted molar refractivity (Wildman–Crippen MR) is 83.1 cm³/mol. The summed E-state index contributed by atoms with van der Waals surface area (Å²) in [6.07, 6.45) is 3.31. The number of hydrogen-bond acceptors (Lipinski definition) is 5. The lowest BCUT2D eigenvalue weighted by Crippen LogP contribution is -2.37. The van der Waals surface area contributed by atoms with E-state index in [-0.39, 0.29) is 12.0 Å². The standard InChI is InChI=1S/C13H18ClNO4S2/c1-19-12(16)13(6-9-5-11(14)20-8-9)4-3-10(7-13)15-21(2,17)18/h5,8,10,15H,3-4,6-7H2,1-2H3/t10-,13+/m0/s1. The van der Waals surface area contributed by atoms with Gasteiger partial charge in [-0.25, -0.2) is 13.1 Å². The van der Waals surface area contributed by atoms with Crippen LogP contribution in [-0.4, -0.2) is 33.8 Å². The maximum Gasteiger partial charge on any atom is 0.312 e. The Balaban J connectivity index is 2.18. The molecule has 2 rings (SSSR count). The number of halogens is 1. The van der Waals surface area contributed by atoms with Crippen molar-refractivity contribution < 1.29 is 17.9 Å². The number of carbonyl (C=O) groups is 1. The van der Waals surface area contributed by atoms with Crippen molar-refractivity contribution in [1.29, 1.82) is 0 Å². The van der Waals surface area contributed by atoms with Gasteiger partial charge in [-0.15, -0.1) is 11.3 Å². The van der Waals surface area contributed by atoms with Crippen molar-refractivity contribution in [2.75, 3.05) is 13.4 Å². The average Bonchev–Trinajstić information content (AvgIpc) is 2.95. The number of sulfonamides is 1. The second kappa shape index (κ2) is 6.24.